The molecule has 0 amide bonds. The van der Waals surface area contributed by atoms with Gasteiger partial charge < -0.3 is 19.0 Å². The Hall–Kier alpha value is 0.0569. The van der Waals surface area contributed by atoms with Crippen molar-refractivity contribution >= 4 is 8.80 Å². The van der Waals surface area contributed by atoms with Gasteiger partial charge >= 0.3 is 8.80 Å². The highest BCUT2D eigenvalue weighted by molar-refractivity contribution is 6.62. The van der Waals surface area contributed by atoms with Crippen molar-refractivity contribution in [1.29, 1.82) is 0 Å². The molecule has 0 spiro atoms. The van der Waals surface area contributed by atoms with Crippen LogP contribution in [-0.2, 0) is 13.3 Å². The molecule has 0 fully saturated rings. The lowest BCUT2D eigenvalue weighted by Crippen LogP contribution is -2.58. The zero-order chi connectivity index (χ0) is 10.3. The Morgan fingerprint density at radius 3 is 1.92 bits per heavy atom. The monoisotopic (exact) mass is 207 g/mol. The first-order valence-electron chi connectivity index (χ1n) is 4.57. The van der Waals surface area contributed by atoms with Crippen molar-refractivity contribution in [3.05, 3.63) is 0 Å². The average Bonchev–Trinajstić information content (AvgIpc) is 2.18. The summed E-state index contributed by atoms with van der Waals surface area (Å²) >= 11 is 0. The van der Waals surface area contributed by atoms with Crippen molar-refractivity contribution in [3.63, 3.8) is 0 Å². The molecule has 0 bridgehead atoms. The first-order chi connectivity index (χ1) is 6.16. The van der Waals surface area contributed by atoms with Gasteiger partial charge in [0.25, 0.3) is 0 Å². The Bertz CT molecular complexity index is 122. The Kier molecular flexibility index (Phi) is 6.53. The molecule has 0 aliphatic rings. The van der Waals surface area contributed by atoms with E-state index < -0.39 is 8.80 Å². The van der Waals surface area contributed by atoms with Gasteiger partial charge in [-0.2, -0.15) is 0 Å². The third-order valence-corrected chi connectivity index (χ3v) is 5.08. The van der Waals surface area contributed by atoms with Crippen LogP contribution in [0, 0.1) is 0 Å². The maximum Gasteiger partial charge on any atom is 0.517 e. The molecule has 5 heteroatoms. The molecule has 0 saturated carbocycles. The minimum absolute atomic E-state index is 0.118. The van der Waals surface area contributed by atoms with Crippen molar-refractivity contribution in [3.8, 4) is 0 Å². The van der Waals surface area contributed by atoms with Crippen molar-refractivity contribution in [1.82, 2.24) is 0 Å². The summed E-state index contributed by atoms with van der Waals surface area (Å²) in [7, 11) is 2.18. The second kappa shape index (κ2) is 6.50. The van der Waals surface area contributed by atoms with E-state index in [-0.39, 0.29) is 5.67 Å². The molecule has 0 aromatic heterocycles. The predicted molar refractivity (Wildman–Crippen MR) is 54.3 cm³/mol. The summed E-state index contributed by atoms with van der Waals surface area (Å²) in [6, 6.07) is 0. The van der Waals surface area contributed by atoms with E-state index >= 15 is 0 Å². The molecule has 0 radical (unpaired) electrons. The Labute approximate surface area is 81.7 Å². The molecular formula is C8H21NO3Si. The zero-order valence-corrected chi connectivity index (χ0v) is 10.0. The molecule has 0 rings (SSSR count). The van der Waals surface area contributed by atoms with Gasteiger partial charge in [-0.3, -0.25) is 0 Å². The maximum atomic E-state index is 5.96. The lowest BCUT2D eigenvalue weighted by Gasteiger charge is -2.29. The van der Waals surface area contributed by atoms with E-state index in [9.17, 15) is 0 Å². The minimum Gasteiger partial charge on any atom is -0.376 e. The lowest BCUT2D eigenvalue weighted by atomic mass is 10.2. The lowest BCUT2D eigenvalue weighted by molar-refractivity contribution is 0.111. The largest absolute Gasteiger partial charge is 0.517 e. The van der Waals surface area contributed by atoms with Gasteiger partial charge in [-0.15, -0.1) is 0 Å². The molecule has 13 heavy (non-hydrogen) atoms. The van der Waals surface area contributed by atoms with Crippen LogP contribution in [-0.4, -0.2) is 35.8 Å². The minimum atomic E-state index is -2.58. The molecule has 0 aliphatic heterocycles. The molecule has 0 heterocycles. The zero-order valence-electron chi connectivity index (χ0n) is 9.00. The van der Waals surface area contributed by atoms with Crippen LogP contribution < -0.4 is 5.73 Å². The van der Waals surface area contributed by atoms with E-state index in [4.69, 9.17) is 19.0 Å². The SMILES string of the molecule is CCCCC(N)[Si](OC)(OC)OC. The first kappa shape index (κ1) is 13.1. The molecule has 1 atom stereocenters. The highest BCUT2D eigenvalue weighted by atomic mass is 28.4. The topological polar surface area (TPSA) is 53.7 Å². The molecule has 0 aromatic carbocycles. The van der Waals surface area contributed by atoms with Gasteiger partial charge in [-0.1, -0.05) is 19.8 Å². The van der Waals surface area contributed by atoms with Gasteiger partial charge in [0.2, 0.25) is 0 Å². The van der Waals surface area contributed by atoms with Crippen LogP contribution in [0.15, 0.2) is 0 Å². The predicted octanol–water partition coefficient (Wildman–Crippen LogP) is 0.921. The van der Waals surface area contributed by atoms with Gasteiger partial charge in [0.05, 0.1) is 5.67 Å². The van der Waals surface area contributed by atoms with Crippen molar-refractivity contribution in [2.45, 2.75) is 31.9 Å². The fraction of sp³-hybridized carbons (Fsp3) is 1.00. The number of rotatable bonds is 7. The standard InChI is InChI=1S/C8H21NO3Si/c1-5-6-7-8(9)13(10-2,11-3)12-4/h8H,5-7,9H2,1-4H3. The molecule has 1 unspecified atom stereocenters. The van der Waals surface area contributed by atoms with Crippen LogP contribution in [0.4, 0.5) is 0 Å². The highest BCUT2D eigenvalue weighted by Crippen LogP contribution is 2.14. The molecule has 0 aliphatic carbocycles. The van der Waals surface area contributed by atoms with Crippen LogP contribution >= 0.6 is 0 Å². The number of unbranched alkanes of at least 4 members (excludes halogenated alkanes) is 1. The van der Waals surface area contributed by atoms with E-state index in [2.05, 4.69) is 6.92 Å². The van der Waals surface area contributed by atoms with Crippen LogP contribution in [0.2, 0.25) is 0 Å². The van der Waals surface area contributed by atoms with Gasteiger partial charge in [-0.25, -0.2) is 0 Å². The Morgan fingerprint density at radius 2 is 1.62 bits per heavy atom. The molecule has 0 saturated heterocycles. The van der Waals surface area contributed by atoms with Gasteiger partial charge in [0.1, 0.15) is 0 Å². The van der Waals surface area contributed by atoms with Gasteiger partial charge in [0, 0.05) is 21.3 Å². The third-order valence-electron chi connectivity index (χ3n) is 2.18. The average molecular weight is 207 g/mol. The van der Waals surface area contributed by atoms with Gasteiger partial charge in [0.15, 0.2) is 0 Å². The summed E-state index contributed by atoms with van der Waals surface area (Å²) in [4.78, 5) is 0. The fourth-order valence-electron chi connectivity index (χ4n) is 1.30. The van der Waals surface area contributed by atoms with Crippen molar-refractivity contribution in [2.24, 2.45) is 5.73 Å². The number of nitrogens with two attached hydrogens (primary N) is 1. The Balaban J connectivity index is 4.17. The first-order valence-corrected chi connectivity index (χ1v) is 6.38. The van der Waals surface area contributed by atoms with Crippen LogP contribution in [0.5, 0.6) is 0 Å². The third kappa shape index (κ3) is 3.36. The molecule has 0 aromatic rings. The highest BCUT2D eigenvalue weighted by Gasteiger charge is 2.44. The Morgan fingerprint density at radius 1 is 1.15 bits per heavy atom. The fourth-order valence-corrected chi connectivity index (χ4v) is 3.27. The molecule has 80 valence electrons. The quantitative estimate of drug-likeness (QED) is 0.631. The molecular weight excluding hydrogens is 186 g/mol. The summed E-state index contributed by atoms with van der Waals surface area (Å²) in [5, 5.41) is 0. The van der Waals surface area contributed by atoms with E-state index in [1.807, 2.05) is 0 Å². The molecule has 4 nitrogen and oxygen atoms in total. The summed E-state index contributed by atoms with van der Waals surface area (Å²) < 4.78 is 15.8. The van der Waals surface area contributed by atoms with Crippen LogP contribution in [0.1, 0.15) is 26.2 Å². The summed E-state index contributed by atoms with van der Waals surface area (Å²) in [6.07, 6.45) is 3.08. The van der Waals surface area contributed by atoms with Crippen molar-refractivity contribution in [2.75, 3.05) is 21.3 Å². The smallest absolute Gasteiger partial charge is 0.376 e. The second-order valence-corrected chi connectivity index (χ2v) is 6.14. The van der Waals surface area contributed by atoms with E-state index in [0.29, 0.717) is 0 Å². The van der Waals surface area contributed by atoms with E-state index in [1.54, 1.807) is 21.3 Å². The summed E-state index contributed by atoms with van der Waals surface area (Å²) in [5.41, 5.74) is 5.84. The van der Waals surface area contributed by atoms with Crippen molar-refractivity contribution < 1.29 is 13.3 Å². The van der Waals surface area contributed by atoms with E-state index in [0.717, 1.165) is 19.3 Å². The van der Waals surface area contributed by atoms with Crippen LogP contribution in [0.3, 0.4) is 0 Å². The maximum absolute atomic E-state index is 5.96. The second-order valence-electron chi connectivity index (χ2n) is 2.96. The summed E-state index contributed by atoms with van der Waals surface area (Å²) in [6.45, 7) is 2.13. The summed E-state index contributed by atoms with van der Waals surface area (Å²) in [5.74, 6) is 0. The number of hydrogen-bond acceptors (Lipinski definition) is 4. The molecule has 2 N–H and O–H groups in total. The number of hydrogen-bond donors (Lipinski definition) is 1. The van der Waals surface area contributed by atoms with Crippen LogP contribution in [0.25, 0.3) is 0 Å². The van der Waals surface area contributed by atoms with Gasteiger partial charge in [-0.05, 0) is 6.42 Å². The normalized spacial score (nSPS) is 14.5. The van der Waals surface area contributed by atoms with E-state index in [1.165, 1.54) is 0 Å².